The normalized spacial score (nSPS) is 17.2. The van der Waals surface area contributed by atoms with Crippen LogP contribution in [0.1, 0.15) is 65.3 Å². The summed E-state index contributed by atoms with van der Waals surface area (Å²) in [6.07, 6.45) is 6.35. The third kappa shape index (κ3) is 6.22. The number of amides is 2. The molecule has 9 heteroatoms. The lowest BCUT2D eigenvalue weighted by Gasteiger charge is -2.35. The maximum absolute atomic E-state index is 13.7. The number of nitrogens with one attached hydrogen (secondary N) is 2. The number of aryl methyl sites for hydroxylation is 2. The number of pyridine rings is 2. The first-order chi connectivity index (χ1) is 20.7. The van der Waals surface area contributed by atoms with Gasteiger partial charge in [0.1, 0.15) is 5.82 Å². The molecule has 2 N–H and O–H groups in total. The highest BCUT2D eigenvalue weighted by atomic mass is 16.2. The van der Waals surface area contributed by atoms with E-state index in [9.17, 15) is 14.4 Å². The number of aromatic amines is 1. The van der Waals surface area contributed by atoms with E-state index in [2.05, 4.69) is 32.2 Å². The minimum atomic E-state index is -0.284. The molecule has 2 amide bonds. The van der Waals surface area contributed by atoms with Crippen LogP contribution in [-0.4, -0.2) is 65.4 Å². The third-order valence-corrected chi connectivity index (χ3v) is 9.13. The second kappa shape index (κ2) is 12.0. The van der Waals surface area contributed by atoms with Crippen LogP contribution in [0.2, 0.25) is 0 Å². The molecule has 3 fully saturated rings. The summed E-state index contributed by atoms with van der Waals surface area (Å²) >= 11 is 0. The fraction of sp³-hybridized carbons (Fsp3) is 0.471. The first-order valence-electron chi connectivity index (χ1n) is 15.6. The molecule has 0 atom stereocenters. The molecule has 226 valence electrons. The number of carbonyl (C=O) groups excluding carboxylic acids is 2. The summed E-state index contributed by atoms with van der Waals surface area (Å²) in [5.41, 5.74) is 5.63. The molecule has 6 rings (SSSR count). The van der Waals surface area contributed by atoms with Crippen LogP contribution in [0.4, 0.5) is 11.5 Å². The number of rotatable bonds is 9. The van der Waals surface area contributed by atoms with Gasteiger partial charge in [0.25, 0.3) is 11.5 Å². The molecule has 2 aromatic heterocycles. The van der Waals surface area contributed by atoms with Gasteiger partial charge in [-0.2, -0.15) is 0 Å². The standard InChI is InChI=1S/C34H42N6O3/c1-5-40(34(43)24-6-7-24)30-18-26(25-8-11-31(35-19-25)39-14-12-38(13-15-39)27-9-10-27)17-28(23(30)4)32(41)36-20-29-21(2)16-22(3)37-33(29)42/h8,11,16-19,24,27H,5-7,9-10,12-15,20H2,1-4H3,(H,36,41)(H,37,42). The second-order valence-corrected chi connectivity index (χ2v) is 12.3. The molecule has 3 aromatic rings. The minimum Gasteiger partial charge on any atom is -0.354 e. The van der Waals surface area contributed by atoms with E-state index in [1.165, 1.54) is 12.8 Å². The molecule has 0 unspecified atom stereocenters. The Labute approximate surface area is 253 Å². The molecular formula is C34H42N6O3. The zero-order chi connectivity index (χ0) is 30.2. The number of H-pyrrole nitrogens is 1. The van der Waals surface area contributed by atoms with Crippen molar-refractivity contribution >= 4 is 23.3 Å². The molecule has 1 aromatic carbocycles. The number of hydrogen-bond donors (Lipinski definition) is 2. The van der Waals surface area contributed by atoms with Crippen molar-refractivity contribution in [3.05, 3.63) is 74.8 Å². The summed E-state index contributed by atoms with van der Waals surface area (Å²) in [6.45, 7) is 12.3. The van der Waals surface area contributed by atoms with Crippen molar-refractivity contribution in [1.82, 2.24) is 20.2 Å². The molecule has 43 heavy (non-hydrogen) atoms. The second-order valence-electron chi connectivity index (χ2n) is 12.3. The van der Waals surface area contributed by atoms with Gasteiger partial charge in [0.2, 0.25) is 5.91 Å². The topological polar surface area (TPSA) is 102 Å². The SMILES string of the molecule is CCN(C(=O)C1CC1)c1cc(-c2ccc(N3CCN(C4CC4)CC3)nc2)cc(C(=O)NCc2c(C)cc(C)[nH]c2=O)c1C. The molecule has 0 bridgehead atoms. The van der Waals surface area contributed by atoms with Crippen LogP contribution in [0, 0.1) is 26.7 Å². The van der Waals surface area contributed by atoms with Gasteiger partial charge in [-0.3, -0.25) is 19.3 Å². The lowest BCUT2D eigenvalue weighted by atomic mass is 9.97. The molecular weight excluding hydrogens is 540 g/mol. The van der Waals surface area contributed by atoms with E-state index in [1.807, 2.05) is 57.0 Å². The van der Waals surface area contributed by atoms with Gasteiger partial charge in [0, 0.05) is 85.5 Å². The maximum atomic E-state index is 13.7. The van der Waals surface area contributed by atoms with E-state index in [0.717, 1.165) is 84.5 Å². The predicted octanol–water partition coefficient (Wildman–Crippen LogP) is 4.34. The number of benzene rings is 1. The molecule has 1 saturated heterocycles. The van der Waals surface area contributed by atoms with Crippen LogP contribution in [0.15, 0.2) is 41.3 Å². The van der Waals surface area contributed by atoms with E-state index >= 15 is 0 Å². The van der Waals surface area contributed by atoms with E-state index < -0.39 is 0 Å². The third-order valence-electron chi connectivity index (χ3n) is 9.13. The monoisotopic (exact) mass is 582 g/mol. The zero-order valence-corrected chi connectivity index (χ0v) is 25.7. The number of anilines is 2. The Bertz CT molecular complexity index is 1580. The Kier molecular flexibility index (Phi) is 8.09. The average molecular weight is 583 g/mol. The Morgan fingerprint density at radius 2 is 1.74 bits per heavy atom. The van der Waals surface area contributed by atoms with E-state index in [4.69, 9.17) is 4.98 Å². The lowest BCUT2D eigenvalue weighted by Crippen LogP contribution is -2.47. The van der Waals surface area contributed by atoms with Gasteiger partial charge in [-0.25, -0.2) is 4.98 Å². The smallest absolute Gasteiger partial charge is 0.253 e. The van der Waals surface area contributed by atoms with Gasteiger partial charge in [-0.05, 0) is 100 Å². The quantitative estimate of drug-likeness (QED) is 0.389. The van der Waals surface area contributed by atoms with E-state index in [0.29, 0.717) is 17.7 Å². The van der Waals surface area contributed by atoms with E-state index in [-0.39, 0.29) is 29.8 Å². The molecule has 1 aliphatic heterocycles. The van der Waals surface area contributed by atoms with Gasteiger partial charge in [-0.1, -0.05) is 0 Å². The summed E-state index contributed by atoms with van der Waals surface area (Å²) < 4.78 is 0. The molecule has 2 saturated carbocycles. The fourth-order valence-electron chi connectivity index (χ4n) is 6.24. The molecule has 2 aliphatic carbocycles. The fourth-order valence-corrected chi connectivity index (χ4v) is 6.24. The predicted molar refractivity (Wildman–Crippen MR) is 170 cm³/mol. The maximum Gasteiger partial charge on any atom is 0.253 e. The Morgan fingerprint density at radius 1 is 1.00 bits per heavy atom. The number of carbonyl (C=O) groups is 2. The van der Waals surface area contributed by atoms with Gasteiger partial charge in [0.05, 0.1) is 0 Å². The molecule has 9 nitrogen and oxygen atoms in total. The minimum absolute atomic E-state index is 0.0536. The number of aromatic nitrogens is 2. The van der Waals surface area contributed by atoms with E-state index in [1.54, 1.807) is 0 Å². The summed E-state index contributed by atoms with van der Waals surface area (Å²) in [5.74, 6) is 0.836. The van der Waals surface area contributed by atoms with Crippen molar-refractivity contribution in [2.75, 3.05) is 42.5 Å². The Balaban J connectivity index is 1.29. The average Bonchev–Trinajstić information content (AvgIpc) is 3.92. The van der Waals surface area contributed by atoms with Crippen LogP contribution in [-0.2, 0) is 11.3 Å². The summed E-state index contributed by atoms with van der Waals surface area (Å²) in [5, 5.41) is 2.96. The summed E-state index contributed by atoms with van der Waals surface area (Å²) in [4.78, 5) is 53.9. The van der Waals surface area contributed by atoms with Crippen molar-refractivity contribution in [2.45, 2.75) is 66.0 Å². The first-order valence-corrected chi connectivity index (χ1v) is 15.6. The van der Waals surface area contributed by atoms with Gasteiger partial charge >= 0.3 is 0 Å². The number of nitrogens with zero attached hydrogens (tertiary/aromatic N) is 4. The largest absolute Gasteiger partial charge is 0.354 e. The Morgan fingerprint density at radius 3 is 2.35 bits per heavy atom. The van der Waals surface area contributed by atoms with Gasteiger partial charge in [0.15, 0.2) is 0 Å². The van der Waals surface area contributed by atoms with Crippen LogP contribution >= 0.6 is 0 Å². The first kappa shape index (κ1) is 29.1. The van der Waals surface area contributed by atoms with Crippen LogP contribution < -0.4 is 20.7 Å². The molecule has 0 radical (unpaired) electrons. The summed E-state index contributed by atoms with van der Waals surface area (Å²) in [6, 6.07) is 10.7. The molecule has 0 spiro atoms. The van der Waals surface area contributed by atoms with Crippen molar-refractivity contribution in [3.63, 3.8) is 0 Å². The van der Waals surface area contributed by atoms with Gasteiger partial charge < -0.3 is 20.1 Å². The van der Waals surface area contributed by atoms with Crippen molar-refractivity contribution < 1.29 is 9.59 Å². The van der Waals surface area contributed by atoms with Crippen LogP contribution in [0.25, 0.3) is 11.1 Å². The highest BCUT2D eigenvalue weighted by Gasteiger charge is 2.35. The molecule has 3 heterocycles. The Hall–Kier alpha value is -3.98. The van der Waals surface area contributed by atoms with Gasteiger partial charge in [-0.15, -0.1) is 0 Å². The zero-order valence-electron chi connectivity index (χ0n) is 25.7. The van der Waals surface area contributed by atoms with Crippen LogP contribution in [0.5, 0.6) is 0 Å². The van der Waals surface area contributed by atoms with Crippen molar-refractivity contribution in [1.29, 1.82) is 0 Å². The number of hydrogen-bond acceptors (Lipinski definition) is 6. The highest BCUT2D eigenvalue weighted by molar-refractivity contribution is 6.03. The van der Waals surface area contributed by atoms with Crippen molar-refractivity contribution in [2.24, 2.45) is 5.92 Å². The van der Waals surface area contributed by atoms with Crippen molar-refractivity contribution in [3.8, 4) is 11.1 Å². The highest BCUT2D eigenvalue weighted by Crippen LogP contribution is 2.37. The number of piperazine rings is 1. The van der Waals surface area contributed by atoms with Crippen LogP contribution in [0.3, 0.4) is 0 Å². The molecule has 3 aliphatic rings. The lowest BCUT2D eigenvalue weighted by molar-refractivity contribution is -0.119. The summed E-state index contributed by atoms with van der Waals surface area (Å²) in [7, 11) is 0.